The van der Waals surface area contributed by atoms with Gasteiger partial charge in [-0.05, 0) is 46.2 Å². The molecule has 1 aromatic rings. The van der Waals surface area contributed by atoms with Gasteiger partial charge in [0.25, 0.3) is 17.7 Å². The zero-order valence-electron chi connectivity index (χ0n) is 15.5. The monoisotopic (exact) mass is 360 g/mol. The van der Waals surface area contributed by atoms with Crippen LogP contribution in [0.5, 0.6) is 0 Å². The van der Waals surface area contributed by atoms with Crippen molar-refractivity contribution in [1.82, 2.24) is 10.2 Å². The molecule has 3 amide bonds. The van der Waals surface area contributed by atoms with Crippen LogP contribution in [-0.4, -0.2) is 47.3 Å². The first-order chi connectivity index (χ1) is 12.2. The third-order valence-corrected chi connectivity index (χ3v) is 4.00. The molecule has 0 aromatic heterocycles. The standard InChI is InChI=1S/C19H24N2O5/c1-11(2)20-17(23)13(4)26-16(22)6-5-9-21-18(24)14-8-7-12(3)10-15(14)19(21)25/h7-8,10-11,13H,5-6,9H2,1-4H3,(H,20,23). The van der Waals surface area contributed by atoms with Gasteiger partial charge in [0.2, 0.25) is 0 Å². The molecule has 7 nitrogen and oxygen atoms in total. The summed E-state index contributed by atoms with van der Waals surface area (Å²) in [5.41, 5.74) is 1.70. The highest BCUT2D eigenvalue weighted by atomic mass is 16.5. The van der Waals surface area contributed by atoms with E-state index in [1.165, 1.54) is 6.92 Å². The summed E-state index contributed by atoms with van der Waals surface area (Å²) in [7, 11) is 0. The number of amides is 3. The number of nitrogens with one attached hydrogen (secondary N) is 1. The molecule has 0 radical (unpaired) electrons. The molecule has 0 fully saturated rings. The number of carbonyl (C=O) groups excluding carboxylic acids is 4. The van der Waals surface area contributed by atoms with Gasteiger partial charge in [-0.25, -0.2) is 0 Å². The molecule has 1 aromatic carbocycles. The molecule has 7 heteroatoms. The molecule has 1 aliphatic heterocycles. The Balaban J connectivity index is 1.83. The molecule has 1 N–H and O–H groups in total. The smallest absolute Gasteiger partial charge is 0.306 e. The Bertz CT molecular complexity index is 741. The molecule has 0 spiro atoms. The second kappa shape index (κ2) is 8.12. The fourth-order valence-corrected chi connectivity index (χ4v) is 2.70. The van der Waals surface area contributed by atoms with Gasteiger partial charge in [0.15, 0.2) is 6.10 Å². The number of hydrogen-bond donors (Lipinski definition) is 1. The van der Waals surface area contributed by atoms with Gasteiger partial charge >= 0.3 is 5.97 Å². The van der Waals surface area contributed by atoms with Crippen LogP contribution in [-0.2, 0) is 14.3 Å². The highest BCUT2D eigenvalue weighted by molar-refractivity contribution is 6.21. The maximum Gasteiger partial charge on any atom is 0.306 e. The predicted octanol–water partition coefficient (Wildman–Crippen LogP) is 1.83. The number of esters is 1. The molecule has 26 heavy (non-hydrogen) atoms. The molecular weight excluding hydrogens is 336 g/mol. The molecule has 0 aliphatic carbocycles. The van der Waals surface area contributed by atoms with Crippen molar-refractivity contribution in [3.8, 4) is 0 Å². The van der Waals surface area contributed by atoms with Crippen molar-refractivity contribution in [2.45, 2.75) is 52.7 Å². The molecule has 2 rings (SSSR count). The van der Waals surface area contributed by atoms with Crippen molar-refractivity contribution in [2.75, 3.05) is 6.54 Å². The van der Waals surface area contributed by atoms with E-state index in [1.807, 2.05) is 20.8 Å². The lowest BCUT2D eigenvalue weighted by Gasteiger charge is -2.16. The summed E-state index contributed by atoms with van der Waals surface area (Å²) in [6.07, 6.45) is -0.583. The van der Waals surface area contributed by atoms with Gasteiger partial charge in [-0.2, -0.15) is 0 Å². The van der Waals surface area contributed by atoms with Gasteiger partial charge in [-0.3, -0.25) is 24.1 Å². The minimum atomic E-state index is -0.882. The van der Waals surface area contributed by atoms with Crippen LogP contribution in [0.15, 0.2) is 18.2 Å². The molecule has 1 unspecified atom stereocenters. The number of nitrogens with zero attached hydrogens (tertiary/aromatic N) is 1. The molecule has 140 valence electrons. The minimum absolute atomic E-state index is 0.0196. The van der Waals surface area contributed by atoms with Gasteiger partial charge in [0.1, 0.15) is 0 Å². The number of carbonyl (C=O) groups is 4. The van der Waals surface area contributed by atoms with E-state index in [9.17, 15) is 19.2 Å². The van der Waals surface area contributed by atoms with E-state index in [-0.39, 0.29) is 43.1 Å². The Morgan fingerprint density at radius 2 is 1.77 bits per heavy atom. The van der Waals surface area contributed by atoms with Crippen molar-refractivity contribution in [2.24, 2.45) is 0 Å². The largest absolute Gasteiger partial charge is 0.453 e. The van der Waals surface area contributed by atoms with Gasteiger partial charge in [0, 0.05) is 19.0 Å². The zero-order valence-corrected chi connectivity index (χ0v) is 15.5. The number of hydrogen-bond acceptors (Lipinski definition) is 5. The van der Waals surface area contributed by atoms with E-state index in [0.29, 0.717) is 11.1 Å². The zero-order chi connectivity index (χ0) is 19.4. The van der Waals surface area contributed by atoms with Crippen LogP contribution in [0, 0.1) is 6.92 Å². The SMILES string of the molecule is Cc1ccc2c(c1)C(=O)N(CCCC(=O)OC(C)C(=O)NC(C)C)C2=O. The summed E-state index contributed by atoms with van der Waals surface area (Å²) < 4.78 is 5.07. The fraction of sp³-hybridized carbons (Fsp3) is 0.474. The third-order valence-electron chi connectivity index (χ3n) is 4.00. The Hall–Kier alpha value is -2.70. The Morgan fingerprint density at radius 3 is 2.42 bits per heavy atom. The van der Waals surface area contributed by atoms with E-state index in [1.54, 1.807) is 18.2 Å². The average molecular weight is 360 g/mol. The number of imide groups is 1. The Kier molecular flexibility index (Phi) is 6.13. The van der Waals surface area contributed by atoms with Gasteiger partial charge in [0.05, 0.1) is 11.1 Å². The number of aryl methyl sites for hydroxylation is 1. The molecule has 0 saturated carbocycles. The summed E-state index contributed by atoms with van der Waals surface area (Å²) in [5.74, 6) is -1.58. The van der Waals surface area contributed by atoms with E-state index in [0.717, 1.165) is 10.5 Å². The van der Waals surface area contributed by atoms with Crippen molar-refractivity contribution >= 4 is 23.7 Å². The van der Waals surface area contributed by atoms with Crippen molar-refractivity contribution in [3.05, 3.63) is 34.9 Å². The van der Waals surface area contributed by atoms with Gasteiger partial charge < -0.3 is 10.1 Å². The topological polar surface area (TPSA) is 92.8 Å². The van der Waals surface area contributed by atoms with E-state index in [2.05, 4.69) is 5.32 Å². The first-order valence-electron chi connectivity index (χ1n) is 8.67. The van der Waals surface area contributed by atoms with Gasteiger partial charge in [-0.15, -0.1) is 0 Å². The summed E-state index contributed by atoms with van der Waals surface area (Å²) in [6.45, 7) is 7.12. The molecule has 0 bridgehead atoms. The molecule has 1 aliphatic rings. The summed E-state index contributed by atoms with van der Waals surface area (Å²) in [4.78, 5) is 49.4. The molecule has 0 saturated heterocycles. The lowest BCUT2D eigenvalue weighted by Crippen LogP contribution is -2.39. The highest BCUT2D eigenvalue weighted by Gasteiger charge is 2.35. The maximum absolute atomic E-state index is 12.3. The lowest BCUT2D eigenvalue weighted by molar-refractivity contribution is -0.155. The first kappa shape index (κ1) is 19.6. The van der Waals surface area contributed by atoms with E-state index >= 15 is 0 Å². The van der Waals surface area contributed by atoms with Crippen LogP contribution in [0.25, 0.3) is 0 Å². The lowest BCUT2D eigenvalue weighted by atomic mass is 10.1. The Labute approximate surface area is 152 Å². The van der Waals surface area contributed by atoms with Crippen molar-refractivity contribution in [1.29, 1.82) is 0 Å². The highest BCUT2D eigenvalue weighted by Crippen LogP contribution is 2.24. The quantitative estimate of drug-likeness (QED) is 0.591. The van der Waals surface area contributed by atoms with Crippen LogP contribution in [0.1, 0.15) is 59.9 Å². The minimum Gasteiger partial charge on any atom is -0.453 e. The molecular formula is C19H24N2O5. The van der Waals surface area contributed by atoms with E-state index in [4.69, 9.17) is 4.74 Å². The number of rotatable bonds is 7. The van der Waals surface area contributed by atoms with E-state index < -0.39 is 12.1 Å². The van der Waals surface area contributed by atoms with Crippen LogP contribution < -0.4 is 5.32 Å². The van der Waals surface area contributed by atoms with Crippen LogP contribution >= 0.6 is 0 Å². The average Bonchev–Trinajstić information content (AvgIpc) is 2.78. The number of benzene rings is 1. The second-order valence-corrected chi connectivity index (χ2v) is 6.71. The van der Waals surface area contributed by atoms with Crippen LogP contribution in [0.4, 0.5) is 0 Å². The second-order valence-electron chi connectivity index (χ2n) is 6.71. The normalized spacial score (nSPS) is 14.4. The van der Waals surface area contributed by atoms with Crippen molar-refractivity contribution < 1.29 is 23.9 Å². The third kappa shape index (κ3) is 4.47. The summed E-state index contributed by atoms with van der Waals surface area (Å²) in [5, 5.41) is 2.66. The molecule has 1 atom stereocenters. The maximum atomic E-state index is 12.3. The van der Waals surface area contributed by atoms with Crippen LogP contribution in [0.3, 0.4) is 0 Å². The van der Waals surface area contributed by atoms with Gasteiger partial charge in [-0.1, -0.05) is 11.6 Å². The number of ether oxygens (including phenoxy) is 1. The summed E-state index contributed by atoms with van der Waals surface area (Å²) >= 11 is 0. The first-order valence-corrected chi connectivity index (χ1v) is 8.67. The Morgan fingerprint density at radius 1 is 1.12 bits per heavy atom. The predicted molar refractivity (Wildman–Crippen MR) is 94.6 cm³/mol. The fourth-order valence-electron chi connectivity index (χ4n) is 2.70. The number of fused-ring (bicyclic) bond motifs is 1. The summed E-state index contributed by atoms with van der Waals surface area (Å²) in [6, 6.07) is 5.09. The van der Waals surface area contributed by atoms with Crippen molar-refractivity contribution in [3.63, 3.8) is 0 Å². The van der Waals surface area contributed by atoms with Crippen LogP contribution in [0.2, 0.25) is 0 Å². The molecule has 1 heterocycles.